The second kappa shape index (κ2) is 13.8. The fraction of sp³-hybridized carbons (Fsp3) is 0.219. The Kier molecular flexibility index (Phi) is 9.73. The van der Waals surface area contributed by atoms with Gasteiger partial charge in [0.15, 0.2) is 23.0 Å². The van der Waals surface area contributed by atoms with Crippen LogP contribution < -0.4 is 24.3 Å². The van der Waals surface area contributed by atoms with Crippen LogP contribution in [-0.4, -0.2) is 48.3 Å². The molecule has 1 saturated heterocycles. The van der Waals surface area contributed by atoms with E-state index in [1.54, 1.807) is 36.4 Å². The zero-order valence-electron chi connectivity index (χ0n) is 23.4. The number of halogens is 1. The summed E-state index contributed by atoms with van der Waals surface area (Å²) < 4.78 is 24.1. The lowest BCUT2D eigenvalue weighted by molar-refractivity contribution is -0.127. The first kappa shape index (κ1) is 30.2. The summed E-state index contributed by atoms with van der Waals surface area (Å²) in [5, 5.41) is 2.18. The van der Waals surface area contributed by atoms with Crippen molar-refractivity contribution in [3.05, 3.63) is 93.3 Å². The Morgan fingerprint density at radius 3 is 2.58 bits per heavy atom. The van der Waals surface area contributed by atoms with E-state index in [-0.39, 0.29) is 4.91 Å². The molecule has 11 heteroatoms. The molecule has 2 aliphatic rings. The number of nitrogens with one attached hydrogen (secondary N) is 1. The lowest BCUT2D eigenvalue weighted by Gasteiger charge is -2.19. The van der Waals surface area contributed by atoms with Crippen molar-refractivity contribution >= 4 is 56.5 Å². The fourth-order valence-corrected chi connectivity index (χ4v) is 5.59. The molecular formula is C32H29BrN2O7S. The number of allylic oxidation sites excluding steroid dienone is 1. The molecule has 3 aromatic rings. The highest BCUT2D eigenvalue weighted by molar-refractivity contribution is 9.10. The molecule has 222 valence electrons. The van der Waals surface area contributed by atoms with Crippen LogP contribution in [0.1, 0.15) is 23.6 Å². The van der Waals surface area contributed by atoms with Crippen LogP contribution in [-0.2, 0) is 22.6 Å². The summed E-state index contributed by atoms with van der Waals surface area (Å²) in [5.41, 5.74) is 2.94. The van der Waals surface area contributed by atoms with Gasteiger partial charge in [0, 0.05) is 21.8 Å². The van der Waals surface area contributed by atoms with Crippen LogP contribution in [0.15, 0.2) is 76.6 Å². The molecule has 9 nitrogen and oxygen atoms in total. The van der Waals surface area contributed by atoms with Gasteiger partial charge in [-0.15, -0.1) is 6.58 Å². The Labute approximate surface area is 262 Å². The van der Waals surface area contributed by atoms with E-state index in [1.807, 2.05) is 37.3 Å². The Hall–Kier alpha value is -4.22. The third-order valence-electron chi connectivity index (χ3n) is 6.41. The average molecular weight is 666 g/mol. The number of fused-ring (bicyclic) bond motifs is 1. The standard InChI is InChI=1S/C32H29BrN2O7S/c1-3-5-22-14-21(15-27(39-4-2)30(22)42-19-20-6-8-23(33)9-7-20)16-28-31(37)35(32(38)43-28)18-29(36)34-24-10-11-25-26(17-24)41-13-12-40-25/h3,6-11,14-17H,1,4-5,12-13,18-19H2,2H3,(H,34,36)/b28-16-. The molecule has 5 rings (SSSR count). The first-order chi connectivity index (χ1) is 20.8. The van der Waals surface area contributed by atoms with Crippen LogP contribution in [0.5, 0.6) is 23.0 Å². The number of ether oxygens (including phenoxy) is 4. The molecule has 43 heavy (non-hydrogen) atoms. The number of carbonyl (C=O) groups is 3. The van der Waals surface area contributed by atoms with Crippen LogP contribution in [0, 0.1) is 0 Å². The summed E-state index contributed by atoms with van der Waals surface area (Å²) in [5.74, 6) is 1.15. The van der Waals surface area contributed by atoms with Crippen molar-refractivity contribution in [1.82, 2.24) is 4.90 Å². The number of imide groups is 1. The molecule has 0 aliphatic carbocycles. The molecule has 3 amide bonds. The summed E-state index contributed by atoms with van der Waals surface area (Å²) in [6.07, 6.45) is 3.88. The Bertz CT molecular complexity index is 1590. The van der Waals surface area contributed by atoms with Gasteiger partial charge in [-0.05, 0) is 78.7 Å². The second-order valence-corrected chi connectivity index (χ2v) is 11.4. The van der Waals surface area contributed by atoms with Crippen LogP contribution in [0.3, 0.4) is 0 Å². The van der Waals surface area contributed by atoms with E-state index in [9.17, 15) is 14.4 Å². The number of benzene rings is 3. The number of thioether (sulfide) groups is 1. The van der Waals surface area contributed by atoms with Crippen molar-refractivity contribution in [3.8, 4) is 23.0 Å². The minimum Gasteiger partial charge on any atom is -0.490 e. The maximum atomic E-state index is 13.2. The molecule has 2 heterocycles. The molecule has 0 bridgehead atoms. The SMILES string of the molecule is C=CCc1cc(/C=C2\SC(=O)N(CC(=O)Nc3ccc4c(c3)OCCO4)C2=O)cc(OCC)c1OCc1ccc(Br)cc1. The maximum Gasteiger partial charge on any atom is 0.294 e. The monoisotopic (exact) mass is 664 g/mol. The highest BCUT2D eigenvalue weighted by Gasteiger charge is 2.36. The van der Waals surface area contributed by atoms with Crippen molar-refractivity contribution in [2.24, 2.45) is 0 Å². The zero-order chi connectivity index (χ0) is 30.3. The Morgan fingerprint density at radius 1 is 1.07 bits per heavy atom. The maximum absolute atomic E-state index is 13.2. The van der Waals surface area contributed by atoms with Crippen LogP contribution in [0.4, 0.5) is 10.5 Å². The summed E-state index contributed by atoms with van der Waals surface area (Å²) in [6, 6.07) is 16.5. The third kappa shape index (κ3) is 7.41. The largest absolute Gasteiger partial charge is 0.490 e. The number of carbonyl (C=O) groups excluding carboxylic acids is 3. The van der Waals surface area contributed by atoms with E-state index in [2.05, 4.69) is 27.8 Å². The second-order valence-electron chi connectivity index (χ2n) is 9.52. The molecule has 2 aliphatic heterocycles. The van der Waals surface area contributed by atoms with E-state index in [1.165, 1.54) is 0 Å². The number of rotatable bonds is 11. The van der Waals surface area contributed by atoms with Gasteiger partial charge in [-0.2, -0.15) is 0 Å². The summed E-state index contributed by atoms with van der Waals surface area (Å²) in [6.45, 7) is 6.93. The molecule has 0 aromatic heterocycles. The first-order valence-corrected chi connectivity index (χ1v) is 15.2. The Balaban J connectivity index is 1.31. The van der Waals surface area contributed by atoms with Crippen molar-refractivity contribution in [1.29, 1.82) is 0 Å². The third-order valence-corrected chi connectivity index (χ3v) is 7.85. The summed E-state index contributed by atoms with van der Waals surface area (Å²) in [7, 11) is 0. The van der Waals surface area contributed by atoms with Gasteiger partial charge in [0.2, 0.25) is 5.91 Å². The van der Waals surface area contributed by atoms with Gasteiger partial charge < -0.3 is 24.3 Å². The summed E-state index contributed by atoms with van der Waals surface area (Å²) >= 11 is 4.22. The quantitative estimate of drug-likeness (QED) is 0.181. The van der Waals surface area contributed by atoms with Gasteiger partial charge in [-0.25, -0.2) is 0 Å². The number of amides is 3. The lowest BCUT2D eigenvalue weighted by Crippen LogP contribution is -2.36. The number of anilines is 1. The smallest absolute Gasteiger partial charge is 0.294 e. The average Bonchev–Trinajstić information content (AvgIpc) is 3.25. The molecule has 1 N–H and O–H groups in total. The lowest BCUT2D eigenvalue weighted by atomic mass is 10.0. The summed E-state index contributed by atoms with van der Waals surface area (Å²) in [4.78, 5) is 39.8. The normalized spacial score (nSPS) is 15.0. The molecule has 0 unspecified atom stereocenters. The fourth-order valence-electron chi connectivity index (χ4n) is 4.49. The highest BCUT2D eigenvalue weighted by Crippen LogP contribution is 2.38. The molecule has 0 saturated carbocycles. The molecule has 1 fully saturated rings. The van der Waals surface area contributed by atoms with Crippen LogP contribution >= 0.6 is 27.7 Å². The van der Waals surface area contributed by atoms with E-state index in [0.717, 1.165) is 32.3 Å². The predicted octanol–water partition coefficient (Wildman–Crippen LogP) is 6.60. The van der Waals surface area contributed by atoms with Crippen LogP contribution in [0.2, 0.25) is 0 Å². The molecule has 0 spiro atoms. The van der Waals surface area contributed by atoms with E-state index in [4.69, 9.17) is 18.9 Å². The van der Waals surface area contributed by atoms with Gasteiger partial charge >= 0.3 is 0 Å². The molecule has 0 atom stereocenters. The zero-order valence-corrected chi connectivity index (χ0v) is 25.8. The number of nitrogens with zero attached hydrogens (tertiary/aromatic N) is 1. The van der Waals surface area contributed by atoms with Gasteiger partial charge in [0.1, 0.15) is 26.4 Å². The predicted molar refractivity (Wildman–Crippen MR) is 169 cm³/mol. The van der Waals surface area contributed by atoms with E-state index < -0.39 is 23.6 Å². The number of hydrogen-bond donors (Lipinski definition) is 1. The van der Waals surface area contributed by atoms with Gasteiger partial charge in [0.05, 0.1) is 11.5 Å². The van der Waals surface area contributed by atoms with Crippen molar-refractivity contribution < 1.29 is 33.3 Å². The Morgan fingerprint density at radius 2 is 1.84 bits per heavy atom. The van der Waals surface area contributed by atoms with E-state index >= 15 is 0 Å². The van der Waals surface area contributed by atoms with Crippen molar-refractivity contribution in [2.45, 2.75) is 20.0 Å². The minimum absolute atomic E-state index is 0.202. The number of hydrogen-bond acceptors (Lipinski definition) is 8. The molecular weight excluding hydrogens is 636 g/mol. The topological polar surface area (TPSA) is 103 Å². The first-order valence-electron chi connectivity index (χ1n) is 13.6. The van der Waals surface area contributed by atoms with Crippen LogP contribution in [0.25, 0.3) is 6.08 Å². The van der Waals surface area contributed by atoms with E-state index in [0.29, 0.717) is 67.1 Å². The van der Waals surface area contributed by atoms with Gasteiger partial charge in [0.25, 0.3) is 11.1 Å². The van der Waals surface area contributed by atoms with Gasteiger partial charge in [-0.1, -0.05) is 34.1 Å². The molecule has 0 radical (unpaired) electrons. The minimum atomic E-state index is -0.550. The van der Waals surface area contributed by atoms with Gasteiger partial charge in [-0.3, -0.25) is 19.3 Å². The van der Waals surface area contributed by atoms with Crippen molar-refractivity contribution in [2.75, 3.05) is 31.7 Å². The van der Waals surface area contributed by atoms with Crippen molar-refractivity contribution in [3.63, 3.8) is 0 Å². The highest BCUT2D eigenvalue weighted by atomic mass is 79.9. The molecule has 3 aromatic carbocycles.